The summed E-state index contributed by atoms with van der Waals surface area (Å²) in [5.41, 5.74) is 2.40. The summed E-state index contributed by atoms with van der Waals surface area (Å²) < 4.78 is 0.741. The second-order valence-electron chi connectivity index (χ2n) is 12.3. The van der Waals surface area contributed by atoms with Crippen molar-refractivity contribution < 1.29 is 24.6 Å². The van der Waals surface area contributed by atoms with Crippen LogP contribution in [0.25, 0.3) is 10.8 Å². The Morgan fingerprint density at radius 2 is 1.80 bits per heavy atom. The molecular formula is C37H34BrN3O5. The van der Waals surface area contributed by atoms with Crippen LogP contribution in [-0.2, 0) is 21.7 Å². The monoisotopic (exact) mass is 679 g/mol. The third-order valence-electron chi connectivity index (χ3n) is 9.61. The Kier molecular flexibility index (Phi) is 7.79. The van der Waals surface area contributed by atoms with Crippen LogP contribution in [0.5, 0.6) is 0 Å². The van der Waals surface area contributed by atoms with Gasteiger partial charge >= 0.3 is 0 Å². The van der Waals surface area contributed by atoms with Crippen molar-refractivity contribution in [2.45, 2.75) is 44.4 Å². The minimum absolute atomic E-state index is 0.0501. The van der Waals surface area contributed by atoms with Gasteiger partial charge in [-0.15, -0.1) is 0 Å². The highest BCUT2D eigenvalue weighted by atomic mass is 79.9. The lowest BCUT2D eigenvalue weighted by molar-refractivity contribution is -0.139. The highest BCUT2D eigenvalue weighted by Crippen LogP contribution is 2.47. The van der Waals surface area contributed by atoms with E-state index in [-0.39, 0.29) is 37.4 Å². The molecule has 0 aliphatic carbocycles. The number of likely N-dealkylation sites (tertiary alicyclic amines) is 1. The number of aliphatic hydroxyl groups is 2. The van der Waals surface area contributed by atoms with Gasteiger partial charge in [0.15, 0.2) is 5.60 Å². The molecule has 8 nitrogen and oxygen atoms in total. The molecule has 3 heterocycles. The number of hydrogen-bond donors (Lipinski definition) is 2. The van der Waals surface area contributed by atoms with Crippen LogP contribution in [0.2, 0.25) is 0 Å². The van der Waals surface area contributed by atoms with E-state index in [4.69, 9.17) is 0 Å². The summed E-state index contributed by atoms with van der Waals surface area (Å²) in [7, 11) is 0. The molecule has 0 unspecified atom stereocenters. The van der Waals surface area contributed by atoms with Gasteiger partial charge in [0.2, 0.25) is 5.91 Å². The number of rotatable bonds is 8. The van der Waals surface area contributed by atoms with E-state index in [1.807, 2.05) is 72.8 Å². The van der Waals surface area contributed by atoms with E-state index >= 15 is 0 Å². The molecule has 0 bridgehead atoms. The average molecular weight is 681 g/mol. The van der Waals surface area contributed by atoms with Crippen LogP contribution in [0.4, 0.5) is 17.1 Å². The van der Waals surface area contributed by atoms with E-state index in [1.165, 1.54) is 0 Å². The molecule has 0 saturated carbocycles. The highest BCUT2D eigenvalue weighted by molar-refractivity contribution is 9.10. The lowest BCUT2D eigenvalue weighted by atomic mass is 9.83. The maximum absolute atomic E-state index is 14.1. The SMILES string of the molecule is C[C@@H](/C=C/CC(=O)N1CCC[C@H]1CO)[C@]1(O)C(=O)N(Cc2ccc(N3C(=O)c4cccc5cccc3c45)cc2)c2ccc(Br)cc21. The predicted octanol–water partition coefficient (Wildman–Crippen LogP) is 6.19. The van der Waals surface area contributed by atoms with Crippen molar-refractivity contribution in [2.75, 3.05) is 23.0 Å². The molecule has 46 heavy (non-hydrogen) atoms. The molecule has 0 spiro atoms. The number of hydrogen-bond acceptors (Lipinski definition) is 5. The topological polar surface area (TPSA) is 101 Å². The highest BCUT2D eigenvalue weighted by Gasteiger charge is 2.52. The number of aliphatic hydroxyl groups excluding tert-OH is 1. The lowest BCUT2D eigenvalue weighted by Crippen LogP contribution is -2.44. The minimum atomic E-state index is -1.83. The second-order valence-corrected chi connectivity index (χ2v) is 13.2. The van der Waals surface area contributed by atoms with Gasteiger partial charge < -0.3 is 20.0 Å². The molecule has 0 radical (unpaired) electrons. The predicted molar refractivity (Wildman–Crippen MR) is 181 cm³/mol. The number of amides is 3. The van der Waals surface area contributed by atoms with Crippen LogP contribution in [0, 0.1) is 5.92 Å². The van der Waals surface area contributed by atoms with Gasteiger partial charge in [-0.05, 0) is 66.3 Å². The Bertz CT molecular complexity index is 1900. The van der Waals surface area contributed by atoms with Gasteiger partial charge in [-0.1, -0.05) is 71.4 Å². The number of anilines is 3. The van der Waals surface area contributed by atoms with Crippen LogP contribution < -0.4 is 9.80 Å². The third-order valence-corrected chi connectivity index (χ3v) is 10.1. The molecule has 4 aromatic rings. The molecule has 0 aromatic heterocycles. The number of halogens is 1. The second kappa shape index (κ2) is 11.8. The number of fused-ring (bicyclic) bond motifs is 1. The van der Waals surface area contributed by atoms with E-state index < -0.39 is 17.4 Å². The first-order chi connectivity index (χ1) is 22.2. The largest absolute Gasteiger partial charge is 0.394 e. The van der Waals surface area contributed by atoms with Crippen molar-refractivity contribution in [1.82, 2.24) is 4.90 Å². The van der Waals surface area contributed by atoms with Crippen molar-refractivity contribution in [1.29, 1.82) is 0 Å². The third kappa shape index (κ3) is 4.85. The molecular weight excluding hydrogens is 646 g/mol. The van der Waals surface area contributed by atoms with Gasteiger partial charge in [0, 0.05) is 40.0 Å². The Balaban J connectivity index is 1.11. The fourth-order valence-corrected chi connectivity index (χ4v) is 7.53. The summed E-state index contributed by atoms with van der Waals surface area (Å²) in [6, 6.07) is 24.5. The molecule has 3 aliphatic rings. The maximum Gasteiger partial charge on any atom is 0.264 e. The molecule has 1 saturated heterocycles. The summed E-state index contributed by atoms with van der Waals surface area (Å²) in [6.45, 7) is 2.59. The van der Waals surface area contributed by atoms with Crippen molar-refractivity contribution in [3.05, 3.63) is 112 Å². The van der Waals surface area contributed by atoms with Gasteiger partial charge in [0.05, 0.1) is 36.1 Å². The first-order valence-electron chi connectivity index (χ1n) is 15.6. The zero-order chi connectivity index (χ0) is 32.2. The van der Waals surface area contributed by atoms with Crippen LogP contribution >= 0.6 is 15.9 Å². The molecule has 234 valence electrons. The van der Waals surface area contributed by atoms with E-state index in [1.54, 1.807) is 39.8 Å². The molecule has 2 N–H and O–H groups in total. The van der Waals surface area contributed by atoms with E-state index in [0.29, 0.717) is 23.4 Å². The summed E-state index contributed by atoms with van der Waals surface area (Å²) in [5.74, 6) is -1.21. The fraction of sp³-hybridized carbons (Fsp3) is 0.270. The Morgan fingerprint density at radius 1 is 1.04 bits per heavy atom. The zero-order valence-corrected chi connectivity index (χ0v) is 27.0. The molecule has 9 heteroatoms. The average Bonchev–Trinajstić information content (AvgIpc) is 3.72. The quantitative estimate of drug-likeness (QED) is 0.216. The van der Waals surface area contributed by atoms with E-state index in [9.17, 15) is 24.6 Å². The number of carbonyl (C=O) groups excluding carboxylic acids is 3. The van der Waals surface area contributed by atoms with Crippen LogP contribution in [0.1, 0.15) is 47.7 Å². The van der Waals surface area contributed by atoms with Crippen LogP contribution in [0.3, 0.4) is 0 Å². The van der Waals surface area contributed by atoms with Crippen molar-refractivity contribution in [3.8, 4) is 0 Å². The van der Waals surface area contributed by atoms with E-state index in [2.05, 4.69) is 15.9 Å². The van der Waals surface area contributed by atoms with Crippen LogP contribution in [0.15, 0.2) is 95.5 Å². The number of benzene rings is 4. The molecule has 3 amide bonds. The van der Waals surface area contributed by atoms with Crippen molar-refractivity contribution in [2.24, 2.45) is 5.92 Å². The lowest BCUT2D eigenvalue weighted by Gasteiger charge is -2.28. The minimum Gasteiger partial charge on any atom is -0.394 e. The molecule has 3 atom stereocenters. The molecule has 4 aromatic carbocycles. The van der Waals surface area contributed by atoms with Crippen molar-refractivity contribution in [3.63, 3.8) is 0 Å². The van der Waals surface area contributed by atoms with Gasteiger partial charge in [0.25, 0.3) is 11.8 Å². The first kappa shape index (κ1) is 30.3. The van der Waals surface area contributed by atoms with Gasteiger partial charge in [-0.25, -0.2) is 0 Å². The molecule has 7 rings (SSSR count). The standard InChI is InChI=1S/C37H34BrN3O5/c1-23(6-2-12-33(43)39-19-5-9-28(39)22-42)37(46)30-20-26(38)15-18-31(30)40(36(37)45)21-24-13-16-27(17-14-24)41-32-11-4-8-25-7-3-10-29(34(25)32)35(41)44/h2-4,6-8,10-11,13-18,20,23,28,42,46H,5,9,12,19,21-22H2,1H3/b6-2+/t23-,28-,37+/m0/s1. The first-order valence-corrected chi connectivity index (χ1v) is 16.4. The molecule has 3 aliphatic heterocycles. The Hall–Kier alpha value is -4.31. The summed E-state index contributed by atoms with van der Waals surface area (Å²) in [6.07, 6.45) is 5.24. The van der Waals surface area contributed by atoms with Crippen LogP contribution in [-0.4, -0.2) is 52.0 Å². The summed E-state index contributed by atoms with van der Waals surface area (Å²) in [5, 5.41) is 23.6. The van der Waals surface area contributed by atoms with E-state index in [0.717, 1.165) is 45.0 Å². The normalized spacial score (nSPS) is 21.2. The zero-order valence-electron chi connectivity index (χ0n) is 25.4. The van der Waals surface area contributed by atoms with Gasteiger partial charge in [-0.2, -0.15) is 0 Å². The van der Waals surface area contributed by atoms with Crippen molar-refractivity contribution >= 4 is 61.5 Å². The summed E-state index contributed by atoms with van der Waals surface area (Å²) in [4.78, 5) is 45.3. The number of carbonyl (C=O) groups is 3. The van der Waals surface area contributed by atoms with Gasteiger partial charge in [-0.3, -0.25) is 19.3 Å². The smallest absolute Gasteiger partial charge is 0.264 e. The fourth-order valence-electron chi connectivity index (χ4n) is 7.16. The maximum atomic E-state index is 14.1. The van der Waals surface area contributed by atoms with Gasteiger partial charge in [0.1, 0.15) is 0 Å². The number of nitrogens with zero attached hydrogens (tertiary/aromatic N) is 3. The molecule has 1 fully saturated rings. The Labute approximate surface area is 275 Å². The summed E-state index contributed by atoms with van der Waals surface area (Å²) >= 11 is 3.50. The Morgan fingerprint density at radius 3 is 2.57 bits per heavy atom.